The lowest BCUT2D eigenvalue weighted by atomic mass is 10.2. The van der Waals surface area contributed by atoms with Crippen LogP contribution in [0.4, 0.5) is 5.82 Å². The summed E-state index contributed by atoms with van der Waals surface area (Å²) < 4.78 is 0. The number of nitrogen functional groups attached to an aromatic ring is 1. The summed E-state index contributed by atoms with van der Waals surface area (Å²) in [5, 5.41) is 9.34. The van der Waals surface area contributed by atoms with E-state index in [1.165, 1.54) is 11.8 Å². The molecule has 0 unspecified atom stereocenters. The summed E-state index contributed by atoms with van der Waals surface area (Å²) in [4.78, 5) is 8.15. The third-order valence-electron chi connectivity index (χ3n) is 1.48. The summed E-state index contributed by atoms with van der Waals surface area (Å²) >= 11 is 1.51. The van der Waals surface area contributed by atoms with Gasteiger partial charge in [-0.05, 0) is 12.7 Å². The maximum atomic E-state index is 8.70. The van der Waals surface area contributed by atoms with Crippen molar-refractivity contribution >= 4 is 17.6 Å². The second-order valence-corrected chi connectivity index (χ2v) is 3.63. The highest BCUT2D eigenvalue weighted by molar-refractivity contribution is 7.99. The summed E-state index contributed by atoms with van der Waals surface area (Å²) in [7, 11) is 0. The molecule has 0 aromatic carbocycles. The lowest BCUT2D eigenvalue weighted by Gasteiger charge is -2.02. The van der Waals surface area contributed by atoms with E-state index in [2.05, 4.69) is 9.97 Å². The molecule has 0 saturated carbocycles. The van der Waals surface area contributed by atoms with E-state index in [1.807, 2.05) is 13.0 Å². The number of nitriles is 1. The fourth-order valence-electron chi connectivity index (χ4n) is 0.900. The molecular formula is C8H10N4S. The van der Waals surface area contributed by atoms with Gasteiger partial charge in [-0.3, -0.25) is 0 Å². The Kier molecular flexibility index (Phi) is 3.09. The van der Waals surface area contributed by atoms with Gasteiger partial charge in [0.25, 0.3) is 0 Å². The fraction of sp³-hybridized carbons (Fsp3) is 0.375. The quantitative estimate of drug-likeness (QED) is 0.568. The van der Waals surface area contributed by atoms with Gasteiger partial charge in [0.2, 0.25) is 0 Å². The average Bonchev–Trinajstić information content (AvgIpc) is 2.04. The first-order valence-electron chi connectivity index (χ1n) is 3.86. The van der Waals surface area contributed by atoms with E-state index in [9.17, 15) is 0 Å². The molecule has 0 amide bonds. The van der Waals surface area contributed by atoms with E-state index in [-0.39, 0.29) is 5.82 Å². The van der Waals surface area contributed by atoms with Crippen molar-refractivity contribution in [3.63, 3.8) is 0 Å². The van der Waals surface area contributed by atoms with Crippen LogP contribution in [-0.4, -0.2) is 15.7 Å². The molecule has 0 spiro atoms. The molecule has 1 rings (SSSR count). The molecule has 0 aliphatic carbocycles. The van der Waals surface area contributed by atoms with E-state index in [0.29, 0.717) is 16.4 Å². The van der Waals surface area contributed by atoms with Gasteiger partial charge in [-0.25, -0.2) is 9.97 Å². The number of rotatable bonds is 2. The van der Waals surface area contributed by atoms with Gasteiger partial charge in [-0.1, -0.05) is 18.7 Å². The number of hydrogen-bond acceptors (Lipinski definition) is 5. The van der Waals surface area contributed by atoms with Crippen LogP contribution in [0, 0.1) is 18.3 Å². The minimum Gasteiger partial charge on any atom is -0.382 e. The molecule has 0 saturated heterocycles. The van der Waals surface area contributed by atoms with E-state index >= 15 is 0 Å². The lowest BCUT2D eigenvalue weighted by Crippen LogP contribution is -2.02. The van der Waals surface area contributed by atoms with Crippen LogP contribution < -0.4 is 5.73 Å². The van der Waals surface area contributed by atoms with Crippen molar-refractivity contribution in [3.8, 4) is 6.07 Å². The van der Waals surface area contributed by atoms with Crippen molar-refractivity contribution in [3.05, 3.63) is 11.3 Å². The van der Waals surface area contributed by atoms with E-state index in [0.717, 1.165) is 5.75 Å². The first kappa shape index (κ1) is 9.81. The van der Waals surface area contributed by atoms with Crippen LogP contribution in [0.1, 0.15) is 18.2 Å². The molecule has 13 heavy (non-hydrogen) atoms. The molecule has 1 heterocycles. The molecule has 0 aliphatic heterocycles. The van der Waals surface area contributed by atoms with Crippen molar-refractivity contribution in [2.24, 2.45) is 0 Å². The summed E-state index contributed by atoms with van der Waals surface area (Å²) in [5.74, 6) is 1.16. The predicted molar refractivity (Wildman–Crippen MR) is 52.3 cm³/mol. The fourth-order valence-corrected chi connectivity index (χ4v) is 1.52. The number of nitrogens with two attached hydrogens (primary N) is 1. The van der Waals surface area contributed by atoms with Crippen LogP contribution in [-0.2, 0) is 0 Å². The lowest BCUT2D eigenvalue weighted by molar-refractivity contribution is 0.933. The molecule has 0 atom stereocenters. The van der Waals surface area contributed by atoms with E-state index < -0.39 is 0 Å². The predicted octanol–water partition coefficient (Wildman–Crippen LogP) is 1.35. The maximum Gasteiger partial charge on any atom is 0.189 e. The topological polar surface area (TPSA) is 75.6 Å². The smallest absolute Gasteiger partial charge is 0.189 e. The molecular weight excluding hydrogens is 184 g/mol. The highest BCUT2D eigenvalue weighted by Crippen LogP contribution is 2.18. The molecule has 4 nitrogen and oxygen atoms in total. The zero-order chi connectivity index (χ0) is 9.84. The monoisotopic (exact) mass is 194 g/mol. The molecule has 0 aliphatic rings. The highest BCUT2D eigenvalue weighted by Gasteiger charge is 2.07. The van der Waals surface area contributed by atoms with Crippen LogP contribution in [0.15, 0.2) is 5.16 Å². The van der Waals surface area contributed by atoms with Gasteiger partial charge in [0, 0.05) is 0 Å². The SMILES string of the molecule is CCSc1nc(C)c(C#N)c(N)n1. The van der Waals surface area contributed by atoms with Gasteiger partial charge >= 0.3 is 0 Å². The molecule has 68 valence electrons. The van der Waals surface area contributed by atoms with Crippen molar-refractivity contribution < 1.29 is 0 Å². The number of aromatic nitrogens is 2. The van der Waals surface area contributed by atoms with Gasteiger partial charge in [0.15, 0.2) is 5.16 Å². The van der Waals surface area contributed by atoms with Gasteiger partial charge in [0.05, 0.1) is 5.69 Å². The van der Waals surface area contributed by atoms with Crippen LogP contribution in [0.5, 0.6) is 0 Å². The Labute approximate surface area is 81.2 Å². The molecule has 1 aromatic heterocycles. The summed E-state index contributed by atoms with van der Waals surface area (Å²) in [5.41, 5.74) is 6.60. The molecule has 0 radical (unpaired) electrons. The Hall–Kier alpha value is -1.28. The second kappa shape index (κ2) is 4.10. The molecule has 0 fully saturated rings. The van der Waals surface area contributed by atoms with Gasteiger partial charge < -0.3 is 5.73 Å². The average molecular weight is 194 g/mol. The van der Waals surface area contributed by atoms with Crippen LogP contribution in [0.3, 0.4) is 0 Å². The molecule has 0 bridgehead atoms. The van der Waals surface area contributed by atoms with E-state index in [1.54, 1.807) is 6.92 Å². The minimum atomic E-state index is 0.269. The van der Waals surface area contributed by atoms with Crippen LogP contribution >= 0.6 is 11.8 Å². The second-order valence-electron chi connectivity index (χ2n) is 2.40. The zero-order valence-electron chi connectivity index (χ0n) is 7.53. The Bertz CT molecular complexity index is 333. The maximum absolute atomic E-state index is 8.70. The summed E-state index contributed by atoms with van der Waals surface area (Å²) in [6.45, 7) is 3.77. The Morgan fingerprint density at radius 3 is 2.69 bits per heavy atom. The Balaban J connectivity index is 3.14. The normalized spacial score (nSPS) is 9.62. The molecule has 1 aromatic rings. The van der Waals surface area contributed by atoms with Crippen molar-refractivity contribution in [1.29, 1.82) is 5.26 Å². The largest absolute Gasteiger partial charge is 0.382 e. The summed E-state index contributed by atoms with van der Waals surface area (Å²) in [6.07, 6.45) is 0. The first-order valence-corrected chi connectivity index (χ1v) is 4.84. The Morgan fingerprint density at radius 1 is 1.54 bits per heavy atom. The number of thioether (sulfide) groups is 1. The first-order chi connectivity index (χ1) is 6.19. The summed E-state index contributed by atoms with van der Waals surface area (Å²) in [6, 6.07) is 1.97. The van der Waals surface area contributed by atoms with Crippen LogP contribution in [0.2, 0.25) is 0 Å². The number of aryl methyl sites for hydroxylation is 1. The standard InChI is InChI=1S/C8H10N4S/c1-3-13-8-11-5(2)6(4-9)7(10)12-8/h3H2,1-2H3,(H2,10,11,12). The molecule has 2 N–H and O–H groups in total. The molecule has 5 heteroatoms. The zero-order valence-corrected chi connectivity index (χ0v) is 8.35. The third kappa shape index (κ3) is 2.10. The number of hydrogen-bond donors (Lipinski definition) is 1. The number of nitrogens with zero attached hydrogens (tertiary/aromatic N) is 3. The van der Waals surface area contributed by atoms with E-state index in [4.69, 9.17) is 11.0 Å². The van der Waals surface area contributed by atoms with Gasteiger partial charge in [-0.2, -0.15) is 5.26 Å². The van der Waals surface area contributed by atoms with Crippen molar-refractivity contribution in [2.75, 3.05) is 11.5 Å². The van der Waals surface area contributed by atoms with Gasteiger partial charge in [-0.15, -0.1) is 0 Å². The Morgan fingerprint density at radius 2 is 2.23 bits per heavy atom. The van der Waals surface area contributed by atoms with Gasteiger partial charge in [0.1, 0.15) is 17.5 Å². The third-order valence-corrected chi connectivity index (χ3v) is 2.21. The van der Waals surface area contributed by atoms with Crippen LogP contribution in [0.25, 0.3) is 0 Å². The van der Waals surface area contributed by atoms with Crippen molar-refractivity contribution in [2.45, 2.75) is 19.0 Å². The minimum absolute atomic E-state index is 0.269. The number of anilines is 1. The van der Waals surface area contributed by atoms with Crippen molar-refractivity contribution in [1.82, 2.24) is 9.97 Å². The highest BCUT2D eigenvalue weighted by atomic mass is 32.2.